The van der Waals surface area contributed by atoms with Gasteiger partial charge in [-0.1, -0.05) is 46.5 Å². The molecule has 0 N–H and O–H groups in total. The minimum Gasteiger partial charge on any atom is -0.487 e. The molecule has 196 valence electrons. The average molecular weight is 610 g/mol. The van der Waals surface area contributed by atoms with Gasteiger partial charge in [-0.3, -0.25) is 0 Å². The van der Waals surface area contributed by atoms with E-state index < -0.39 is 20.7 Å². The Bertz CT molecular complexity index is 1350. The van der Waals surface area contributed by atoms with E-state index in [0.29, 0.717) is 5.92 Å². The molecule has 1 aliphatic carbocycles. The summed E-state index contributed by atoms with van der Waals surface area (Å²) in [4.78, 5) is 9.38. The van der Waals surface area contributed by atoms with E-state index in [4.69, 9.17) is 16.3 Å². The largest absolute Gasteiger partial charge is 0.487 e. The molecule has 1 saturated carbocycles. The van der Waals surface area contributed by atoms with E-state index in [1.807, 2.05) is 26.2 Å². The van der Waals surface area contributed by atoms with Crippen LogP contribution in [0.5, 0.6) is 5.75 Å². The molecule has 0 unspecified atom stereocenters. The van der Waals surface area contributed by atoms with Crippen molar-refractivity contribution in [1.82, 2.24) is 14.9 Å². The van der Waals surface area contributed by atoms with Gasteiger partial charge in [-0.05, 0) is 69.1 Å². The lowest BCUT2D eigenvalue weighted by atomic mass is 9.79. The third-order valence-electron chi connectivity index (χ3n) is 6.68. The second-order valence-electron chi connectivity index (χ2n) is 9.20. The van der Waals surface area contributed by atoms with Crippen LogP contribution >= 0.6 is 27.5 Å². The summed E-state index contributed by atoms with van der Waals surface area (Å²) in [6.07, 6.45) is 4.95. The number of aromatic nitrogens is 2. The number of nitrogens with zero attached hydrogens (tertiary/aromatic N) is 4. The average Bonchev–Trinajstić information content (AvgIpc) is 2.87. The lowest BCUT2D eigenvalue weighted by molar-refractivity contribution is 0.0544. The summed E-state index contributed by atoms with van der Waals surface area (Å²) in [6, 6.07) is 12.0. The molecule has 0 amide bonds. The molecule has 1 aliphatic rings. The molecule has 1 heterocycles. The van der Waals surface area contributed by atoms with Gasteiger partial charge in [0.1, 0.15) is 34.7 Å². The SMILES string of the molecule is CBN(c1ccncn1)S(=O)(=O)c1cc(Cl)c(O[C@H]2CC[C@H](c3cccc(Br)c3)C[C@@H]2N(C)C)cc1F. The van der Waals surface area contributed by atoms with Gasteiger partial charge in [-0.2, -0.15) is 0 Å². The molecule has 0 radical (unpaired) electrons. The Balaban J connectivity index is 1.57. The standard InChI is InChI=1S/C25H28BBrClFN4O3S/c1-26-33(25-9-10-30-15-31-25)37(34,35)24-13-19(28)23(14-20(24)29)36-22-8-7-17(12-21(22)32(2)3)16-5-4-6-18(27)11-16/h4-6,9-11,13-15,17,21-22,26H,7-8,12H2,1-3H3/t17-,21-,22-/m0/s1. The lowest BCUT2D eigenvalue weighted by Crippen LogP contribution is -2.46. The number of likely N-dealkylation sites (N-methyl/N-ethyl adjacent to an activating group) is 1. The molecular formula is C25H28BBrClFN4O3S. The van der Waals surface area contributed by atoms with Gasteiger partial charge in [0.25, 0.3) is 17.4 Å². The van der Waals surface area contributed by atoms with E-state index in [1.54, 1.807) is 6.82 Å². The zero-order valence-electron chi connectivity index (χ0n) is 20.8. The summed E-state index contributed by atoms with van der Waals surface area (Å²) in [5, 5.41) is 0.0327. The van der Waals surface area contributed by atoms with Crippen molar-refractivity contribution in [3.8, 4) is 5.75 Å². The van der Waals surface area contributed by atoms with Gasteiger partial charge in [-0.25, -0.2) is 22.8 Å². The molecule has 37 heavy (non-hydrogen) atoms. The molecule has 7 nitrogen and oxygen atoms in total. The van der Waals surface area contributed by atoms with Crippen LogP contribution in [0, 0.1) is 5.82 Å². The van der Waals surface area contributed by atoms with Crippen LogP contribution in [-0.4, -0.2) is 56.9 Å². The molecular weight excluding hydrogens is 582 g/mol. The maximum absolute atomic E-state index is 15.3. The van der Waals surface area contributed by atoms with E-state index >= 15 is 4.39 Å². The molecule has 0 saturated heterocycles. The third kappa shape index (κ3) is 6.11. The topological polar surface area (TPSA) is 75.6 Å². The predicted octanol–water partition coefficient (Wildman–Crippen LogP) is 5.27. The summed E-state index contributed by atoms with van der Waals surface area (Å²) in [7, 11) is -0.212. The van der Waals surface area contributed by atoms with Crippen molar-refractivity contribution < 1.29 is 17.5 Å². The highest BCUT2D eigenvalue weighted by Gasteiger charge is 2.35. The Labute approximate surface area is 231 Å². The maximum atomic E-state index is 15.3. The fourth-order valence-corrected chi connectivity index (χ4v) is 7.02. The first kappa shape index (κ1) is 27.8. The zero-order chi connectivity index (χ0) is 26.7. The van der Waals surface area contributed by atoms with Crippen molar-refractivity contribution >= 4 is 50.8 Å². The van der Waals surface area contributed by atoms with Crippen LogP contribution < -0.4 is 8.95 Å². The smallest absolute Gasteiger partial charge is 0.256 e. The summed E-state index contributed by atoms with van der Waals surface area (Å²) >= 11 is 10.0. The summed E-state index contributed by atoms with van der Waals surface area (Å²) in [5.74, 6) is -0.298. The maximum Gasteiger partial charge on any atom is 0.256 e. The van der Waals surface area contributed by atoms with Crippen LogP contribution in [0.1, 0.15) is 30.7 Å². The Morgan fingerprint density at radius 2 is 1.97 bits per heavy atom. The van der Waals surface area contributed by atoms with Crippen LogP contribution in [0.25, 0.3) is 0 Å². The highest BCUT2D eigenvalue weighted by Crippen LogP contribution is 2.39. The van der Waals surface area contributed by atoms with Crippen molar-refractivity contribution in [3.63, 3.8) is 0 Å². The van der Waals surface area contributed by atoms with Crippen LogP contribution in [-0.2, 0) is 10.0 Å². The molecule has 2 aromatic carbocycles. The highest BCUT2D eigenvalue weighted by molar-refractivity contribution is 9.10. The van der Waals surface area contributed by atoms with Crippen LogP contribution in [0.15, 0.2) is 64.4 Å². The first-order chi connectivity index (χ1) is 17.6. The summed E-state index contributed by atoms with van der Waals surface area (Å²) in [5.41, 5.74) is 1.27. The third-order valence-corrected chi connectivity index (χ3v) is 9.36. The molecule has 3 aromatic rings. The van der Waals surface area contributed by atoms with Crippen molar-refractivity contribution in [2.75, 3.05) is 18.3 Å². The second kappa shape index (κ2) is 11.7. The number of anilines is 1. The van der Waals surface area contributed by atoms with Gasteiger partial charge in [0.2, 0.25) is 0 Å². The Kier molecular flexibility index (Phi) is 8.78. The van der Waals surface area contributed by atoms with Crippen molar-refractivity contribution in [2.45, 2.75) is 49.0 Å². The second-order valence-corrected chi connectivity index (χ2v) is 12.4. The van der Waals surface area contributed by atoms with Gasteiger partial charge in [0, 0.05) is 22.8 Å². The fourth-order valence-electron chi connectivity index (χ4n) is 4.83. The monoisotopic (exact) mass is 608 g/mol. The van der Waals surface area contributed by atoms with Crippen molar-refractivity contribution in [1.29, 1.82) is 0 Å². The summed E-state index contributed by atoms with van der Waals surface area (Å²) in [6.45, 7) is 1.64. The molecule has 1 fully saturated rings. The fraction of sp³-hybridized carbons (Fsp3) is 0.360. The Hall–Kier alpha value is -2.21. The normalized spacial score (nSPS) is 20.0. The molecule has 3 atom stereocenters. The number of rotatable bonds is 8. The first-order valence-electron chi connectivity index (χ1n) is 12.0. The zero-order valence-corrected chi connectivity index (χ0v) is 24.0. The molecule has 0 bridgehead atoms. The van der Waals surface area contributed by atoms with E-state index in [0.717, 1.165) is 40.1 Å². The number of hydrogen-bond acceptors (Lipinski definition) is 6. The minimum atomic E-state index is -4.26. The molecule has 0 aliphatic heterocycles. The Morgan fingerprint density at radius 3 is 2.62 bits per heavy atom. The molecule has 4 rings (SSSR count). The molecule has 0 spiro atoms. The quantitative estimate of drug-likeness (QED) is 0.324. The number of hydrogen-bond donors (Lipinski definition) is 0. The van der Waals surface area contributed by atoms with Crippen LogP contribution in [0.4, 0.5) is 10.2 Å². The van der Waals surface area contributed by atoms with Crippen molar-refractivity contribution in [2.24, 2.45) is 0 Å². The lowest BCUT2D eigenvalue weighted by Gasteiger charge is -2.40. The first-order valence-corrected chi connectivity index (χ1v) is 14.6. The van der Waals surface area contributed by atoms with Crippen molar-refractivity contribution in [3.05, 3.63) is 75.9 Å². The van der Waals surface area contributed by atoms with E-state index in [-0.39, 0.29) is 36.2 Å². The van der Waals surface area contributed by atoms with Gasteiger partial charge in [0.05, 0.1) is 5.02 Å². The van der Waals surface area contributed by atoms with Gasteiger partial charge in [0.15, 0.2) is 0 Å². The molecule has 12 heteroatoms. The minimum absolute atomic E-state index is 0.0327. The number of sulfonamides is 1. The number of benzene rings is 2. The van der Waals surface area contributed by atoms with E-state index in [1.165, 1.54) is 24.2 Å². The van der Waals surface area contributed by atoms with Gasteiger partial charge in [-0.15, -0.1) is 0 Å². The van der Waals surface area contributed by atoms with E-state index in [9.17, 15) is 8.42 Å². The Morgan fingerprint density at radius 1 is 1.19 bits per heavy atom. The van der Waals surface area contributed by atoms with E-state index in [2.05, 4.69) is 42.9 Å². The summed E-state index contributed by atoms with van der Waals surface area (Å²) < 4.78 is 50.1. The highest BCUT2D eigenvalue weighted by atomic mass is 79.9. The number of halogens is 3. The van der Waals surface area contributed by atoms with Gasteiger partial charge >= 0.3 is 0 Å². The number of ether oxygens (including phenoxy) is 1. The predicted molar refractivity (Wildman–Crippen MR) is 149 cm³/mol. The van der Waals surface area contributed by atoms with Crippen LogP contribution in [0.3, 0.4) is 0 Å². The van der Waals surface area contributed by atoms with Gasteiger partial charge < -0.3 is 13.9 Å². The van der Waals surface area contributed by atoms with Crippen LogP contribution in [0.2, 0.25) is 11.8 Å². The molecule has 1 aromatic heterocycles.